The van der Waals surface area contributed by atoms with Crippen LogP contribution in [-0.2, 0) is 12.4 Å². The summed E-state index contributed by atoms with van der Waals surface area (Å²) in [7, 11) is 0. The van der Waals surface area contributed by atoms with Gasteiger partial charge in [0.15, 0.2) is 6.23 Å². The summed E-state index contributed by atoms with van der Waals surface area (Å²) in [4.78, 5) is 40.2. The Morgan fingerprint density at radius 1 is 0.650 bits per heavy atom. The molecule has 0 spiro atoms. The number of imide groups is 1. The van der Waals surface area contributed by atoms with Gasteiger partial charge in [0.2, 0.25) is 0 Å². The second-order valence-electron chi connectivity index (χ2n) is 8.60. The van der Waals surface area contributed by atoms with E-state index in [2.05, 4.69) is 0 Å². The van der Waals surface area contributed by atoms with Crippen LogP contribution in [0.3, 0.4) is 0 Å². The molecule has 8 nitrogen and oxygen atoms in total. The first-order valence-corrected chi connectivity index (χ1v) is 11.0. The minimum atomic E-state index is -5.62. The zero-order valence-corrected chi connectivity index (χ0v) is 19.4. The lowest BCUT2D eigenvalue weighted by Crippen LogP contribution is -2.31. The van der Waals surface area contributed by atoms with Gasteiger partial charge in [-0.1, -0.05) is 0 Å². The average Bonchev–Trinajstić information content (AvgIpc) is 3.30. The Hall–Kier alpha value is -5.21. The zero-order valence-electron chi connectivity index (χ0n) is 19.4. The number of nitriles is 2. The summed E-state index contributed by atoms with van der Waals surface area (Å²) < 4.78 is 87.0. The lowest BCUT2D eigenvalue weighted by Gasteiger charge is -2.23. The number of carbonyl (C=O) groups is 3. The van der Waals surface area contributed by atoms with Crippen LogP contribution in [0.1, 0.15) is 65.1 Å². The number of hydrogen-bond donors (Lipinski definition) is 1. The van der Waals surface area contributed by atoms with Crippen molar-refractivity contribution in [2.75, 3.05) is 9.80 Å². The number of aliphatic hydroxyl groups is 1. The Morgan fingerprint density at radius 2 is 1.07 bits per heavy atom. The minimum Gasteiger partial charge on any atom is -0.369 e. The molecular weight excluding hydrogens is 546 g/mol. The second-order valence-corrected chi connectivity index (χ2v) is 8.60. The number of amides is 3. The Kier molecular flexibility index (Phi) is 5.71. The first kappa shape index (κ1) is 26.4. The van der Waals surface area contributed by atoms with E-state index in [1.54, 1.807) is 12.1 Å². The molecule has 200 valence electrons. The number of alkyl halides is 6. The summed E-state index contributed by atoms with van der Waals surface area (Å²) in [6.07, 6.45) is -13.9. The average molecular weight is 556 g/mol. The van der Waals surface area contributed by atoms with Gasteiger partial charge in [0.1, 0.15) is 0 Å². The van der Waals surface area contributed by atoms with Crippen molar-refractivity contribution in [2.45, 2.75) is 18.6 Å². The molecule has 2 aliphatic heterocycles. The number of nitrogens with zero attached hydrogens (tertiary/aromatic N) is 4. The monoisotopic (exact) mass is 556 g/mol. The number of aliphatic hydroxyl groups excluding tert-OH is 1. The van der Waals surface area contributed by atoms with Gasteiger partial charge in [-0.2, -0.15) is 36.9 Å². The summed E-state index contributed by atoms with van der Waals surface area (Å²) in [6.45, 7) is 0. The summed E-state index contributed by atoms with van der Waals surface area (Å²) in [5, 5.41) is 28.8. The molecule has 3 aromatic carbocycles. The third-order valence-corrected chi connectivity index (χ3v) is 6.40. The van der Waals surface area contributed by atoms with Crippen LogP contribution in [0.4, 0.5) is 37.7 Å². The smallest absolute Gasteiger partial charge is 0.369 e. The van der Waals surface area contributed by atoms with Crippen molar-refractivity contribution in [3.05, 3.63) is 93.0 Å². The molecule has 2 heterocycles. The van der Waals surface area contributed by atoms with E-state index in [9.17, 15) is 45.8 Å². The van der Waals surface area contributed by atoms with Crippen molar-refractivity contribution < 1.29 is 45.8 Å². The molecule has 0 aliphatic carbocycles. The Morgan fingerprint density at radius 3 is 1.50 bits per heavy atom. The Bertz CT molecular complexity index is 1720. The summed E-state index contributed by atoms with van der Waals surface area (Å²) in [5.41, 5.74) is -11.3. The minimum absolute atomic E-state index is 0.0305. The molecule has 2 aliphatic rings. The van der Waals surface area contributed by atoms with Gasteiger partial charge in [-0.05, 0) is 48.5 Å². The number of rotatable bonds is 2. The summed E-state index contributed by atoms with van der Waals surface area (Å²) in [5.74, 6) is -5.24. The molecule has 14 heteroatoms. The zero-order chi connectivity index (χ0) is 29.3. The molecular formula is C26H10F6N4O4. The van der Waals surface area contributed by atoms with Gasteiger partial charge >= 0.3 is 12.4 Å². The highest BCUT2D eigenvalue weighted by Crippen LogP contribution is 2.53. The fraction of sp³-hybridized carbons (Fsp3) is 0.115. The van der Waals surface area contributed by atoms with Crippen molar-refractivity contribution >= 4 is 29.1 Å². The van der Waals surface area contributed by atoms with Crippen molar-refractivity contribution in [3.63, 3.8) is 0 Å². The van der Waals surface area contributed by atoms with Gasteiger partial charge in [-0.3, -0.25) is 19.3 Å². The van der Waals surface area contributed by atoms with Gasteiger partial charge in [0, 0.05) is 11.3 Å². The first-order chi connectivity index (χ1) is 18.7. The molecule has 0 aromatic heterocycles. The largest absolute Gasteiger partial charge is 0.418 e. The van der Waals surface area contributed by atoms with E-state index in [1.165, 1.54) is 0 Å². The fourth-order valence-corrected chi connectivity index (χ4v) is 4.81. The van der Waals surface area contributed by atoms with Gasteiger partial charge in [0.05, 0.1) is 56.8 Å². The van der Waals surface area contributed by atoms with Crippen LogP contribution in [0.5, 0.6) is 0 Å². The molecule has 0 saturated heterocycles. The molecule has 0 bridgehead atoms. The standard InChI is InChI=1S/C26H10F6N4O4/c27-25(28,29)19-15-16(22(38)35(21(15)37)13-5-1-11(9-33)2-6-13)20(26(30,31)32)18-17(19)23(39)36(24(18)40)14-7-3-12(10-34)4-8-14/h1-8,21,37H. The maximum Gasteiger partial charge on any atom is 0.418 e. The molecule has 0 fully saturated rings. The number of fused-ring (bicyclic) bond motifs is 2. The molecule has 1 N–H and O–H groups in total. The predicted molar refractivity (Wildman–Crippen MR) is 122 cm³/mol. The lowest BCUT2D eigenvalue weighted by molar-refractivity contribution is -0.142. The van der Waals surface area contributed by atoms with E-state index in [0.717, 1.165) is 48.5 Å². The number of anilines is 2. The van der Waals surface area contributed by atoms with Crippen molar-refractivity contribution in [1.82, 2.24) is 0 Å². The van der Waals surface area contributed by atoms with Crippen LogP contribution in [0, 0.1) is 22.7 Å². The Labute approximate surface area is 219 Å². The third-order valence-electron chi connectivity index (χ3n) is 6.40. The molecule has 0 saturated carbocycles. The SMILES string of the molecule is N#Cc1ccc(N2C(=O)c3c(c(C(F)(F)F)c4c(c3C(F)(F)F)C(=O)N(c3ccc(C#N)cc3)C4O)C2=O)cc1. The quantitative estimate of drug-likeness (QED) is 0.353. The van der Waals surface area contributed by atoms with E-state index in [4.69, 9.17) is 10.5 Å². The van der Waals surface area contributed by atoms with Crippen LogP contribution in [0.2, 0.25) is 0 Å². The predicted octanol–water partition coefficient (Wildman–Crippen LogP) is 4.92. The highest BCUT2D eigenvalue weighted by Gasteiger charge is 2.58. The number of hydrogen-bond acceptors (Lipinski definition) is 6. The third kappa shape index (κ3) is 3.69. The normalized spacial score (nSPS) is 16.6. The fourth-order valence-electron chi connectivity index (χ4n) is 4.81. The van der Waals surface area contributed by atoms with Crippen LogP contribution in [-0.4, -0.2) is 22.8 Å². The van der Waals surface area contributed by atoms with E-state index < -0.39 is 75.4 Å². The van der Waals surface area contributed by atoms with E-state index >= 15 is 0 Å². The molecule has 40 heavy (non-hydrogen) atoms. The van der Waals surface area contributed by atoms with Crippen LogP contribution < -0.4 is 9.80 Å². The number of carbonyl (C=O) groups excluding carboxylic acids is 3. The van der Waals surface area contributed by atoms with Gasteiger partial charge in [0.25, 0.3) is 17.7 Å². The topological polar surface area (TPSA) is 126 Å². The van der Waals surface area contributed by atoms with Gasteiger partial charge in [-0.25, -0.2) is 4.90 Å². The van der Waals surface area contributed by atoms with Crippen molar-refractivity contribution in [1.29, 1.82) is 10.5 Å². The number of benzene rings is 3. The molecule has 3 aromatic rings. The maximum atomic E-state index is 14.5. The highest BCUT2D eigenvalue weighted by atomic mass is 19.4. The van der Waals surface area contributed by atoms with Gasteiger partial charge in [-0.15, -0.1) is 0 Å². The van der Waals surface area contributed by atoms with E-state index in [1.807, 2.05) is 0 Å². The van der Waals surface area contributed by atoms with E-state index in [-0.39, 0.29) is 26.6 Å². The number of halogens is 6. The second kappa shape index (κ2) is 8.65. The molecule has 1 atom stereocenters. The molecule has 3 amide bonds. The van der Waals surface area contributed by atoms with Crippen LogP contribution in [0.25, 0.3) is 0 Å². The maximum absolute atomic E-state index is 14.5. The first-order valence-electron chi connectivity index (χ1n) is 11.0. The Balaban J connectivity index is 1.83. The van der Waals surface area contributed by atoms with E-state index in [0.29, 0.717) is 0 Å². The van der Waals surface area contributed by atoms with Crippen LogP contribution in [0.15, 0.2) is 48.5 Å². The van der Waals surface area contributed by atoms with Crippen molar-refractivity contribution in [2.24, 2.45) is 0 Å². The lowest BCUT2D eigenvalue weighted by atomic mass is 9.87. The molecule has 5 rings (SSSR count). The van der Waals surface area contributed by atoms with Crippen LogP contribution >= 0.6 is 0 Å². The summed E-state index contributed by atoms with van der Waals surface area (Å²) in [6, 6.07) is 11.9. The van der Waals surface area contributed by atoms with Gasteiger partial charge < -0.3 is 5.11 Å². The molecule has 0 radical (unpaired) electrons. The highest BCUT2D eigenvalue weighted by molar-refractivity contribution is 6.36. The molecule has 1 unspecified atom stereocenters. The summed E-state index contributed by atoms with van der Waals surface area (Å²) >= 11 is 0. The van der Waals surface area contributed by atoms with Crippen molar-refractivity contribution in [3.8, 4) is 12.1 Å².